The van der Waals surface area contributed by atoms with Crippen LogP contribution in [0.3, 0.4) is 0 Å². The summed E-state index contributed by atoms with van der Waals surface area (Å²) in [7, 11) is 0. The van der Waals surface area contributed by atoms with Gasteiger partial charge in [0.25, 0.3) is 0 Å². The monoisotopic (exact) mass is 1780 g/mol. The molecule has 4 aliphatic heterocycles. The summed E-state index contributed by atoms with van der Waals surface area (Å²) in [5.41, 5.74) is 14.8. The number of nitrogens with two attached hydrogens (primary N) is 1. The summed E-state index contributed by atoms with van der Waals surface area (Å²) in [6.07, 6.45) is -1.68. The minimum atomic E-state index is -1.45. The van der Waals surface area contributed by atoms with E-state index < -0.39 is 98.5 Å². The summed E-state index contributed by atoms with van der Waals surface area (Å²) in [6, 6.07) is 53.8. The lowest BCUT2D eigenvalue weighted by Gasteiger charge is -2.62. The van der Waals surface area contributed by atoms with E-state index in [0.717, 1.165) is 54.4 Å². The molecule has 29 nitrogen and oxygen atoms in total. The zero-order chi connectivity index (χ0) is 92.0. The molecule has 10 aliphatic rings. The van der Waals surface area contributed by atoms with Gasteiger partial charge in [-0.25, -0.2) is 22.0 Å². The van der Waals surface area contributed by atoms with E-state index in [9.17, 15) is 81.4 Å². The molecule has 18 rings (SSSR count). The van der Waals surface area contributed by atoms with Gasteiger partial charge in [0.15, 0.2) is 18.5 Å². The molecule has 2 unspecified atom stereocenters. The van der Waals surface area contributed by atoms with Crippen molar-refractivity contribution in [2.24, 2.45) is 47.2 Å². The number of primary amides is 1. The number of aliphatic hydroxyl groups is 3. The number of hydrogen-bond acceptors (Lipinski definition) is 21. The first-order valence-electron chi connectivity index (χ1n) is 42.9. The van der Waals surface area contributed by atoms with Gasteiger partial charge in [-0.05, 0) is 180 Å². The van der Waals surface area contributed by atoms with E-state index in [1.54, 1.807) is 109 Å². The highest BCUT2D eigenvalue weighted by molar-refractivity contribution is 5.99. The molecule has 9 N–H and O–H groups in total. The van der Waals surface area contributed by atoms with Gasteiger partial charge >= 0.3 is 0 Å². The van der Waals surface area contributed by atoms with Gasteiger partial charge in [-0.2, -0.15) is 21.0 Å². The van der Waals surface area contributed by atoms with Gasteiger partial charge in [0.1, 0.15) is 104 Å². The molecule has 6 saturated carbocycles. The van der Waals surface area contributed by atoms with Crippen LogP contribution in [0.1, 0.15) is 86.5 Å². The zero-order valence-corrected chi connectivity index (χ0v) is 70.4. The Balaban J connectivity index is 0.000000140. The summed E-state index contributed by atoms with van der Waals surface area (Å²) in [6.45, 7) is -0.360. The second-order valence-electron chi connectivity index (χ2n) is 33.2. The summed E-state index contributed by atoms with van der Waals surface area (Å²) in [5, 5.41) is 76.5. The Bertz CT molecular complexity index is 5580. The fourth-order valence-corrected chi connectivity index (χ4v) is 16.5. The van der Waals surface area contributed by atoms with Gasteiger partial charge in [0.2, 0.25) is 47.3 Å². The lowest BCUT2D eigenvalue weighted by molar-refractivity contribution is -0.182. The highest BCUT2D eigenvalue weighted by Crippen LogP contribution is 2.63. The van der Waals surface area contributed by atoms with Crippen molar-refractivity contribution in [3.8, 4) is 91.9 Å². The number of anilines is 4. The Morgan fingerprint density at radius 1 is 0.408 bits per heavy atom. The highest BCUT2D eigenvalue weighted by atomic mass is 19.2. The minimum absolute atomic E-state index is 0.00359. The molecule has 4 saturated heterocycles. The third kappa shape index (κ3) is 22.6. The number of hydrogen-bond donors (Lipinski definition) is 8. The first-order chi connectivity index (χ1) is 62.8. The molecule has 5 heterocycles. The van der Waals surface area contributed by atoms with Crippen molar-refractivity contribution in [1.82, 2.24) is 19.7 Å². The van der Waals surface area contributed by atoms with Gasteiger partial charge in [0, 0.05) is 104 Å². The molecule has 0 radical (unpaired) electrons. The van der Waals surface area contributed by atoms with Crippen LogP contribution in [0.15, 0.2) is 164 Å². The maximum Gasteiger partial charge on any atom is 0.248 e. The third-order valence-electron chi connectivity index (χ3n) is 24.4. The number of nitriles is 4. The van der Waals surface area contributed by atoms with Crippen LogP contribution in [0, 0.1) is 86.7 Å². The second-order valence-corrected chi connectivity index (χ2v) is 33.2. The standard InChI is InChI=1S/C25H25N3O4.2C24H23F2N3O4.C23H23FN4O4/c26-13-16-10-15(4-5-21(16)32-18-6-8-31-9-7-18)14-2-1-3-17(11-14)28-25(30)23-19-12-20(23)22(19)24(27)29;2*25-19-10-18(19)24(32)28-17-3-1-2-14(9-17)15-4-5-21(16(8-15)11-27)33-22-6-7-29(12-20(22)26)23(31)13-30;24-18-12-28(22(30)13-29)8-6-21(18)32-20-4-3-15(9-16(20)11-25)19-10-17(5-7-26-19)27-23(31)14-1-2-14/h1-5,10-11,18-20,22-23H,6-9,12H2,(H2,27,29)(H,28,30);2*1-5,8-9,18-20,22,30H,6-7,10,12-13H2,(H,28,32);3-5,7,9-10,14,18,21,29H,1-2,6,8,12-13H2,(H,26,27,31)/t;18-,19+,20-,22+;18-,19-,20-,22+;18-,21+/m.111/s1. The fourth-order valence-electron chi connectivity index (χ4n) is 16.5. The van der Waals surface area contributed by atoms with E-state index in [2.05, 4.69) is 50.5 Å². The van der Waals surface area contributed by atoms with E-state index in [1.165, 1.54) is 14.7 Å². The molecular formula is C96H94F5N13O16. The van der Waals surface area contributed by atoms with Crippen LogP contribution in [0.25, 0.3) is 44.6 Å². The highest BCUT2D eigenvalue weighted by Gasteiger charge is 2.66. The summed E-state index contributed by atoms with van der Waals surface area (Å²) in [5.74, 6) is -2.51. The van der Waals surface area contributed by atoms with Crippen LogP contribution in [-0.4, -0.2) is 210 Å². The van der Waals surface area contributed by atoms with Gasteiger partial charge in [-0.1, -0.05) is 54.6 Å². The molecule has 8 amide bonds. The molecule has 10 fully saturated rings. The molecule has 674 valence electrons. The molecule has 8 aromatic rings. The van der Waals surface area contributed by atoms with Crippen molar-refractivity contribution >= 4 is 70.0 Å². The topological polar surface area (TPSA) is 435 Å². The molecule has 12 atom stereocenters. The number of pyridine rings is 1. The number of ether oxygens (including phenoxy) is 5. The van der Waals surface area contributed by atoms with E-state index in [0.29, 0.717) is 69.7 Å². The SMILES string of the molecule is N#Cc1cc(-c2cc(NC(=O)C3CC3)ccn2)ccc1O[C@H]1CCN(C(=O)CO)C[C@H]1F.N#Cc1cc(-c2cccc(NC(=O)C3C4CC3C4C(N)=O)c2)ccc1OC1CCOCC1.N#Cc1cc(-c2cccc(NC(=O)[C@@H]3C[C@@H]3F)c2)ccc1O[C@H]1CCN(C(=O)CO)C[C@H]1F.N#Cc1cc(-c2cccc(NC(=O)[C@@H]3C[C@H]3F)c2)ccc1O[C@H]1CCN(C(=O)CO)C[C@H]1F. The zero-order valence-electron chi connectivity index (χ0n) is 70.4. The van der Waals surface area contributed by atoms with E-state index in [1.807, 2.05) is 54.6 Å². The minimum Gasteiger partial charge on any atom is -0.489 e. The van der Waals surface area contributed by atoms with Gasteiger partial charge < -0.3 is 80.7 Å². The number of nitrogens with one attached hydrogen (secondary N) is 4. The Morgan fingerprint density at radius 2 is 0.754 bits per heavy atom. The maximum atomic E-state index is 14.6. The maximum absolute atomic E-state index is 14.6. The van der Waals surface area contributed by atoms with Crippen LogP contribution >= 0.6 is 0 Å². The van der Waals surface area contributed by atoms with Crippen molar-refractivity contribution in [2.45, 2.75) is 119 Å². The van der Waals surface area contributed by atoms with Crippen molar-refractivity contribution < 1.29 is 99.3 Å². The molecule has 2 bridgehead atoms. The molecule has 1 aromatic heterocycles. The number of piperidine rings is 3. The van der Waals surface area contributed by atoms with Crippen LogP contribution < -0.4 is 45.9 Å². The Kier molecular flexibility index (Phi) is 29.7. The summed E-state index contributed by atoms with van der Waals surface area (Å²) in [4.78, 5) is 103. The van der Waals surface area contributed by atoms with E-state index in [4.69, 9.17) is 44.7 Å². The second kappa shape index (κ2) is 41.9. The van der Waals surface area contributed by atoms with Crippen LogP contribution in [-0.2, 0) is 43.1 Å². The Morgan fingerprint density at radius 3 is 1.10 bits per heavy atom. The predicted octanol–water partition coefficient (Wildman–Crippen LogP) is 11.0. The van der Waals surface area contributed by atoms with Crippen LogP contribution in [0.2, 0.25) is 0 Å². The number of rotatable bonds is 24. The lowest BCUT2D eigenvalue weighted by Crippen LogP contribution is -2.67. The number of halogens is 5. The Labute approximate surface area is 744 Å². The number of aliphatic hydroxyl groups excluding tert-OH is 3. The largest absolute Gasteiger partial charge is 0.489 e. The van der Waals surface area contributed by atoms with Crippen molar-refractivity contribution in [3.63, 3.8) is 0 Å². The van der Waals surface area contributed by atoms with Gasteiger partial charge in [-0.3, -0.25) is 43.3 Å². The number of amides is 8. The molecule has 6 aliphatic carbocycles. The van der Waals surface area contributed by atoms with Crippen molar-refractivity contribution in [1.29, 1.82) is 21.0 Å². The lowest BCUT2D eigenvalue weighted by atomic mass is 9.40. The van der Waals surface area contributed by atoms with Crippen LogP contribution in [0.5, 0.6) is 23.0 Å². The number of aromatic nitrogens is 1. The van der Waals surface area contributed by atoms with Gasteiger partial charge in [-0.15, -0.1) is 0 Å². The average Bonchev–Trinajstić information content (AvgIpc) is 0.998. The fraction of sp³-hybridized carbons (Fsp3) is 0.385. The molecule has 7 aromatic carbocycles. The number of carbonyl (C=O) groups is 8. The number of likely N-dealkylation sites (tertiary alicyclic amines) is 3. The van der Waals surface area contributed by atoms with Crippen molar-refractivity contribution in [2.75, 3.05) is 93.6 Å². The average molecular weight is 1780 g/mol. The van der Waals surface area contributed by atoms with Crippen LogP contribution in [0.4, 0.5) is 44.7 Å². The number of benzene rings is 7. The molecule has 34 heteroatoms. The molecular weight excluding hydrogens is 1690 g/mol. The summed E-state index contributed by atoms with van der Waals surface area (Å²) >= 11 is 0. The van der Waals surface area contributed by atoms with Crippen molar-refractivity contribution in [3.05, 3.63) is 186 Å². The number of alkyl halides is 5. The normalized spacial score (nSPS) is 23.6. The Hall–Kier alpha value is -13.9. The first kappa shape index (κ1) is 92.3. The predicted molar refractivity (Wildman–Crippen MR) is 462 cm³/mol. The number of nitrogens with zero attached hydrogens (tertiary/aromatic N) is 8. The van der Waals surface area contributed by atoms with E-state index in [-0.39, 0.29) is 171 Å². The van der Waals surface area contributed by atoms with Gasteiger partial charge in [0.05, 0.1) is 72.6 Å². The number of carbonyl (C=O) groups excluding carboxylic acids is 8. The quantitative estimate of drug-likeness (QED) is 0.0260. The smallest absolute Gasteiger partial charge is 0.248 e. The molecule has 0 spiro atoms. The third-order valence-corrected chi connectivity index (χ3v) is 24.4. The summed E-state index contributed by atoms with van der Waals surface area (Å²) < 4.78 is 98.6. The first-order valence-corrected chi connectivity index (χ1v) is 42.9. The van der Waals surface area contributed by atoms with E-state index >= 15 is 0 Å². The molecule has 130 heavy (non-hydrogen) atoms.